The van der Waals surface area contributed by atoms with Crippen LogP contribution >= 0.6 is 0 Å². The zero-order chi connectivity index (χ0) is 13.9. The van der Waals surface area contributed by atoms with Crippen LogP contribution in [-0.4, -0.2) is 22.0 Å². The number of hydrogen-bond acceptors (Lipinski definition) is 3. The third kappa shape index (κ3) is 3.25. The van der Waals surface area contributed by atoms with E-state index in [2.05, 4.69) is 32.8 Å². The predicted molar refractivity (Wildman–Crippen MR) is 72.6 cm³/mol. The van der Waals surface area contributed by atoms with Crippen LogP contribution in [0.25, 0.3) is 0 Å². The summed E-state index contributed by atoms with van der Waals surface area (Å²) in [5, 5.41) is 15.3. The maximum atomic E-state index is 11.1. The number of ether oxygens (including phenoxy) is 1. The van der Waals surface area contributed by atoms with Crippen molar-refractivity contribution in [3.63, 3.8) is 0 Å². The number of hydrogen-bond donors (Lipinski definition) is 1. The molecule has 1 aromatic rings. The lowest BCUT2D eigenvalue weighted by molar-refractivity contribution is -0.0136. The molecule has 0 aliphatic heterocycles. The van der Waals surface area contributed by atoms with Crippen molar-refractivity contribution in [1.29, 1.82) is 0 Å². The molecule has 0 atom stereocenters. The first-order chi connectivity index (χ1) is 8.30. The summed E-state index contributed by atoms with van der Waals surface area (Å²) in [6.45, 7) is 8.48. The SMILES string of the molecule is COc1cnn(C)c1C(O)(CC(C)C)CC(C)C. The van der Waals surface area contributed by atoms with E-state index in [1.54, 1.807) is 18.0 Å². The van der Waals surface area contributed by atoms with Crippen LogP contribution in [0.4, 0.5) is 0 Å². The van der Waals surface area contributed by atoms with E-state index in [1.165, 1.54) is 0 Å². The second-order valence-electron chi connectivity index (χ2n) is 5.91. The molecule has 104 valence electrons. The maximum absolute atomic E-state index is 11.1. The molecule has 0 bridgehead atoms. The standard InChI is InChI=1S/C14H26N2O2/c1-10(2)7-14(17,8-11(3)4)13-12(18-6)9-15-16(13)5/h9-11,17H,7-8H2,1-6H3. The smallest absolute Gasteiger partial charge is 0.162 e. The number of rotatable bonds is 6. The minimum absolute atomic E-state index is 0.411. The molecule has 1 N–H and O–H groups in total. The summed E-state index contributed by atoms with van der Waals surface area (Å²) in [5.41, 5.74) is -0.0914. The molecular formula is C14H26N2O2. The first-order valence-corrected chi connectivity index (χ1v) is 6.59. The molecule has 0 radical (unpaired) electrons. The van der Waals surface area contributed by atoms with Gasteiger partial charge in [0.2, 0.25) is 0 Å². The monoisotopic (exact) mass is 254 g/mol. The van der Waals surface area contributed by atoms with E-state index >= 15 is 0 Å². The van der Waals surface area contributed by atoms with Crippen molar-refractivity contribution in [2.45, 2.75) is 46.1 Å². The van der Waals surface area contributed by atoms with E-state index in [4.69, 9.17) is 4.74 Å². The fourth-order valence-corrected chi connectivity index (χ4v) is 2.72. The van der Waals surface area contributed by atoms with Gasteiger partial charge in [-0.3, -0.25) is 4.68 Å². The Labute approximate surface area is 110 Å². The molecule has 0 unspecified atom stereocenters. The molecule has 4 heteroatoms. The van der Waals surface area contributed by atoms with E-state index in [9.17, 15) is 5.11 Å². The third-order valence-electron chi connectivity index (χ3n) is 3.06. The topological polar surface area (TPSA) is 47.3 Å². The third-order valence-corrected chi connectivity index (χ3v) is 3.06. The summed E-state index contributed by atoms with van der Waals surface area (Å²) in [4.78, 5) is 0. The molecule has 0 aliphatic carbocycles. The quantitative estimate of drug-likeness (QED) is 0.849. The zero-order valence-corrected chi connectivity index (χ0v) is 12.4. The van der Waals surface area contributed by atoms with Crippen LogP contribution in [-0.2, 0) is 12.6 Å². The second-order valence-corrected chi connectivity index (χ2v) is 5.91. The number of aliphatic hydroxyl groups is 1. The summed E-state index contributed by atoms with van der Waals surface area (Å²) in [7, 11) is 3.47. The first-order valence-electron chi connectivity index (χ1n) is 6.59. The van der Waals surface area contributed by atoms with Crippen LogP contribution < -0.4 is 4.74 Å². The molecule has 1 rings (SSSR count). The van der Waals surface area contributed by atoms with Crippen molar-refractivity contribution < 1.29 is 9.84 Å². The van der Waals surface area contributed by atoms with Gasteiger partial charge in [0.1, 0.15) is 11.3 Å². The normalized spacial score (nSPS) is 12.5. The van der Waals surface area contributed by atoms with Gasteiger partial charge in [-0.25, -0.2) is 0 Å². The molecule has 4 nitrogen and oxygen atoms in total. The highest BCUT2D eigenvalue weighted by atomic mass is 16.5. The van der Waals surface area contributed by atoms with Crippen LogP contribution in [0, 0.1) is 11.8 Å². The van der Waals surface area contributed by atoms with Gasteiger partial charge in [-0.2, -0.15) is 5.10 Å². The van der Waals surface area contributed by atoms with Gasteiger partial charge in [0, 0.05) is 7.05 Å². The minimum Gasteiger partial charge on any atom is -0.493 e. The van der Waals surface area contributed by atoms with Gasteiger partial charge in [-0.1, -0.05) is 27.7 Å². The Balaban J connectivity index is 3.19. The fourth-order valence-electron chi connectivity index (χ4n) is 2.72. The molecule has 1 heterocycles. The summed E-state index contributed by atoms with van der Waals surface area (Å²) in [6, 6.07) is 0. The maximum Gasteiger partial charge on any atom is 0.162 e. The van der Waals surface area contributed by atoms with Gasteiger partial charge in [0.15, 0.2) is 5.75 Å². The van der Waals surface area contributed by atoms with Gasteiger partial charge >= 0.3 is 0 Å². The van der Waals surface area contributed by atoms with Crippen molar-refractivity contribution in [3.8, 4) is 5.75 Å². The van der Waals surface area contributed by atoms with E-state index in [0.29, 0.717) is 30.4 Å². The van der Waals surface area contributed by atoms with Crippen LogP contribution in [0.1, 0.15) is 46.2 Å². The molecule has 18 heavy (non-hydrogen) atoms. The average Bonchev–Trinajstić information content (AvgIpc) is 2.57. The molecule has 0 amide bonds. The van der Waals surface area contributed by atoms with Gasteiger partial charge in [-0.15, -0.1) is 0 Å². The highest BCUT2D eigenvalue weighted by Gasteiger charge is 2.36. The molecule has 1 aromatic heterocycles. The van der Waals surface area contributed by atoms with Gasteiger partial charge < -0.3 is 9.84 Å². The highest BCUT2D eigenvalue weighted by Crippen LogP contribution is 2.39. The molecule has 0 aliphatic rings. The van der Waals surface area contributed by atoms with Crippen LogP contribution in [0.2, 0.25) is 0 Å². The van der Waals surface area contributed by atoms with E-state index in [1.807, 2.05) is 7.05 Å². The van der Waals surface area contributed by atoms with Crippen molar-refractivity contribution in [3.05, 3.63) is 11.9 Å². The lowest BCUT2D eigenvalue weighted by Gasteiger charge is -2.32. The van der Waals surface area contributed by atoms with Crippen LogP contribution in [0.3, 0.4) is 0 Å². The number of aromatic nitrogens is 2. The minimum atomic E-state index is -0.876. The lowest BCUT2D eigenvalue weighted by atomic mass is 9.82. The van der Waals surface area contributed by atoms with E-state index in [-0.39, 0.29) is 0 Å². The zero-order valence-electron chi connectivity index (χ0n) is 12.4. The Morgan fingerprint density at radius 2 is 1.78 bits per heavy atom. The van der Waals surface area contributed by atoms with Gasteiger partial charge in [0.05, 0.1) is 13.3 Å². The Hall–Kier alpha value is -1.03. The molecule has 0 saturated heterocycles. The summed E-state index contributed by atoms with van der Waals surface area (Å²) >= 11 is 0. The van der Waals surface area contributed by atoms with Gasteiger partial charge in [0.25, 0.3) is 0 Å². The summed E-state index contributed by atoms with van der Waals surface area (Å²) in [5.74, 6) is 1.49. The highest BCUT2D eigenvalue weighted by molar-refractivity contribution is 5.30. The Kier molecular flexibility index (Phi) is 4.79. The molecule has 0 spiro atoms. The number of aryl methyl sites for hydroxylation is 1. The number of nitrogens with zero attached hydrogens (tertiary/aromatic N) is 2. The summed E-state index contributed by atoms with van der Waals surface area (Å²) in [6.07, 6.45) is 3.09. The lowest BCUT2D eigenvalue weighted by Crippen LogP contribution is -2.32. The van der Waals surface area contributed by atoms with Crippen molar-refractivity contribution in [2.24, 2.45) is 18.9 Å². The van der Waals surface area contributed by atoms with Crippen molar-refractivity contribution in [1.82, 2.24) is 9.78 Å². The van der Waals surface area contributed by atoms with Crippen LogP contribution in [0.5, 0.6) is 5.75 Å². The number of methoxy groups -OCH3 is 1. The van der Waals surface area contributed by atoms with Crippen molar-refractivity contribution in [2.75, 3.05) is 7.11 Å². The molecule has 0 aromatic carbocycles. The second kappa shape index (κ2) is 5.74. The van der Waals surface area contributed by atoms with Gasteiger partial charge in [-0.05, 0) is 24.7 Å². The Morgan fingerprint density at radius 1 is 1.28 bits per heavy atom. The summed E-state index contributed by atoms with van der Waals surface area (Å²) < 4.78 is 7.06. The average molecular weight is 254 g/mol. The first kappa shape index (κ1) is 15.0. The van der Waals surface area contributed by atoms with Crippen LogP contribution in [0.15, 0.2) is 6.20 Å². The van der Waals surface area contributed by atoms with E-state index < -0.39 is 5.60 Å². The Bertz CT molecular complexity index is 373. The molecule has 0 saturated carbocycles. The van der Waals surface area contributed by atoms with E-state index in [0.717, 1.165) is 5.69 Å². The molecular weight excluding hydrogens is 228 g/mol. The fraction of sp³-hybridized carbons (Fsp3) is 0.786. The largest absolute Gasteiger partial charge is 0.493 e. The molecule has 0 fully saturated rings. The van der Waals surface area contributed by atoms with Crippen molar-refractivity contribution >= 4 is 0 Å². The Morgan fingerprint density at radius 3 is 2.17 bits per heavy atom. The predicted octanol–water partition coefficient (Wildman–Crippen LogP) is 2.71.